The van der Waals surface area contributed by atoms with E-state index in [0.717, 1.165) is 37.3 Å². The zero-order chi connectivity index (χ0) is 21.0. The third-order valence-electron chi connectivity index (χ3n) is 3.61. The molecule has 0 radical (unpaired) electrons. The molecule has 1 aromatic carbocycles. The number of carbonyl (C=O) groups excluding carboxylic acids is 1. The minimum absolute atomic E-state index is 0.178. The molecule has 9 heteroatoms. The van der Waals surface area contributed by atoms with Crippen molar-refractivity contribution in [2.75, 3.05) is 39.9 Å². The van der Waals surface area contributed by atoms with Gasteiger partial charge in [0.25, 0.3) is 5.91 Å². The van der Waals surface area contributed by atoms with Gasteiger partial charge in [-0.3, -0.25) is 9.79 Å². The molecule has 0 spiro atoms. The fourth-order valence-electron chi connectivity index (χ4n) is 2.19. The Morgan fingerprint density at radius 1 is 1.07 bits per heavy atom. The molecule has 0 aliphatic carbocycles. The average Bonchev–Trinajstić information content (AvgIpc) is 2.65. The largest absolute Gasteiger partial charge is 0.416 e. The zero-order valence-electron chi connectivity index (χ0n) is 16.5. The average molecular weight is 402 g/mol. The maximum atomic E-state index is 12.5. The van der Waals surface area contributed by atoms with Gasteiger partial charge in [0.1, 0.15) is 0 Å². The summed E-state index contributed by atoms with van der Waals surface area (Å²) < 4.78 is 43.1. The number of aliphatic imine (C=N–C) groups is 1. The summed E-state index contributed by atoms with van der Waals surface area (Å²) in [6.07, 6.45) is -3.57. The number of alkyl halides is 3. The molecule has 0 bridgehead atoms. The molecule has 1 rings (SSSR count). The second kappa shape index (κ2) is 12.2. The molecule has 0 aliphatic heterocycles. The van der Waals surface area contributed by atoms with E-state index in [0.29, 0.717) is 38.1 Å². The first-order valence-corrected chi connectivity index (χ1v) is 9.21. The first kappa shape index (κ1) is 23.7. The van der Waals surface area contributed by atoms with Gasteiger partial charge in [0.2, 0.25) is 0 Å². The number of nitrogens with zero attached hydrogens (tertiary/aromatic N) is 1. The Morgan fingerprint density at radius 2 is 1.68 bits per heavy atom. The molecular formula is C19H29F3N4O2. The van der Waals surface area contributed by atoms with Crippen LogP contribution in [0.2, 0.25) is 0 Å². The van der Waals surface area contributed by atoms with Crippen molar-refractivity contribution in [3.63, 3.8) is 0 Å². The highest BCUT2D eigenvalue weighted by molar-refractivity contribution is 5.94. The molecule has 6 nitrogen and oxygen atoms in total. The Labute approximate surface area is 163 Å². The van der Waals surface area contributed by atoms with Crippen molar-refractivity contribution in [1.82, 2.24) is 16.0 Å². The number of guanidine groups is 1. The standard InChI is InChI=1S/C19H29F3N4O2/c1-14(2)13-28-12-4-9-25-18(23-3)26-11-10-24-17(27)15-5-7-16(8-6-15)19(20,21)22/h5-8,14H,4,9-13H2,1-3H3,(H,24,27)(H2,23,25,26). The quantitative estimate of drug-likeness (QED) is 0.320. The first-order valence-electron chi connectivity index (χ1n) is 9.21. The van der Waals surface area contributed by atoms with E-state index in [9.17, 15) is 18.0 Å². The van der Waals surface area contributed by atoms with Crippen molar-refractivity contribution in [1.29, 1.82) is 0 Å². The zero-order valence-corrected chi connectivity index (χ0v) is 16.5. The van der Waals surface area contributed by atoms with E-state index >= 15 is 0 Å². The minimum Gasteiger partial charge on any atom is -0.381 e. The Bertz CT molecular complexity index is 617. The van der Waals surface area contributed by atoms with E-state index in [1.54, 1.807) is 7.05 Å². The van der Waals surface area contributed by atoms with E-state index in [-0.39, 0.29) is 5.56 Å². The van der Waals surface area contributed by atoms with Gasteiger partial charge in [0.15, 0.2) is 5.96 Å². The number of ether oxygens (including phenoxy) is 1. The molecular weight excluding hydrogens is 373 g/mol. The van der Waals surface area contributed by atoms with E-state index in [4.69, 9.17) is 4.74 Å². The van der Waals surface area contributed by atoms with Crippen molar-refractivity contribution in [3.8, 4) is 0 Å². The smallest absolute Gasteiger partial charge is 0.381 e. The number of rotatable bonds is 10. The van der Waals surface area contributed by atoms with E-state index in [1.807, 2.05) is 0 Å². The van der Waals surface area contributed by atoms with Gasteiger partial charge in [-0.25, -0.2) is 0 Å². The normalized spacial score (nSPS) is 12.2. The van der Waals surface area contributed by atoms with Gasteiger partial charge in [0.05, 0.1) is 5.56 Å². The number of benzene rings is 1. The van der Waals surface area contributed by atoms with Crippen molar-refractivity contribution in [2.24, 2.45) is 10.9 Å². The summed E-state index contributed by atoms with van der Waals surface area (Å²) in [5.41, 5.74) is -0.605. The van der Waals surface area contributed by atoms with Crippen LogP contribution in [0.1, 0.15) is 36.2 Å². The van der Waals surface area contributed by atoms with Crippen LogP contribution in [0.15, 0.2) is 29.3 Å². The van der Waals surface area contributed by atoms with Gasteiger partial charge in [-0.05, 0) is 36.6 Å². The predicted octanol–water partition coefficient (Wildman–Crippen LogP) is 2.66. The number of hydrogen-bond acceptors (Lipinski definition) is 3. The highest BCUT2D eigenvalue weighted by atomic mass is 19.4. The summed E-state index contributed by atoms with van der Waals surface area (Å²) in [5.74, 6) is 0.689. The highest BCUT2D eigenvalue weighted by Crippen LogP contribution is 2.28. The van der Waals surface area contributed by atoms with E-state index in [2.05, 4.69) is 34.8 Å². The lowest BCUT2D eigenvalue weighted by Gasteiger charge is -2.13. The van der Waals surface area contributed by atoms with Crippen molar-refractivity contribution >= 4 is 11.9 Å². The van der Waals surface area contributed by atoms with E-state index in [1.165, 1.54) is 0 Å². The second-order valence-electron chi connectivity index (χ2n) is 6.58. The number of nitrogens with one attached hydrogen (secondary N) is 3. The van der Waals surface area contributed by atoms with Crippen molar-refractivity contribution in [2.45, 2.75) is 26.4 Å². The maximum absolute atomic E-state index is 12.5. The second-order valence-corrected chi connectivity index (χ2v) is 6.58. The van der Waals surface area contributed by atoms with Crippen molar-refractivity contribution in [3.05, 3.63) is 35.4 Å². The van der Waals surface area contributed by atoms with Crippen LogP contribution in [0.5, 0.6) is 0 Å². The van der Waals surface area contributed by atoms with Crippen LogP contribution in [-0.2, 0) is 10.9 Å². The molecule has 0 fully saturated rings. The number of halogens is 3. The predicted molar refractivity (Wildman–Crippen MR) is 103 cm³/mol. The minimum atomic E-state index is -4.41. The van der Waals surface area contributed by atoms with Gasteiger partial charge in [-0.2, -0.15) is 13.2 Å². The van der Waals surface area contributed by atoms with Crippen LogP contribution >= 0.6 is 0 Å². The summed E-state index contributed by atoms with van der Waals surface area (Å²) in [6.45, 7) is 7.04. The Hall–Kier alpha value is -2.29. The van der Waals surface area contributed by atoms with Crippen LogP contribution < -0.4 is 16.0 Å². The molecule has 0 aliphatic rings. The van der Waals surface area contributed by atoms with Crippen LogP contribution in [0.4, 0.5) is 13.2 Å². The van der Waals surface area contributed by atoms with Crippen LogP contribution in [0.3, 0.4) is 0 Å². The van der Waals surface area contributed by atoms with Crippen LogP contribution in [0.25, 0.3) is 0 Å². The monoisotopic (exact) mass is 402 g/mol. The highest BCUT2D eigenvalue weighted by Gasteiger charge is 2.30. The van der Waals surface area contributed by atoms with Gasteiger partial charge >= 0.3 is 6.18 Å². The number of carbonyl (C=O) groups is 1. The van der Waals surface area contributed by atoms with Crippen molar-refractivity contribution < 1.29 is 22.7 Å². The molecule has 0 heterocycles. The molecule has 28 heavy (non-hydrogen) atoms. The third-order valence-corrected chi connectivity index (χ3v) is 3.61. The first-order chi connectivity index (χ1) is 13.2. The molecule has 0 saturated heterocycles. The molecule has 1 amide bonds. The Balaban J connectivity index is 2.23. The lowest BCUT2D eigenvalue weighted by molar-refractivity contribution is -0.137. The number of amides is 1. The summed E-state index contributed by atoms with van der Waals surface area (Å²) in [4.78, 5) is 16.0. The van der Waals surface area contributed by atoms with Crippen LogP contribution in [-0.4, -0.2) is 51.8 Å². The summed E-state index contributed by atoms with van der Waals surface area (Å²) in [6, 6.07) is 4.11. The lowest BCUT2D eigenvalue weighted by Crippen LogP contribution is -2.42. The van der Waals surface area contributed by atoms with Gasteiger partial charge in [-0.1, -0.05) is 13.8 Å². The molecule has 3 N–H and O–H groups in total. The molecule has 0 saturated carbocycles. The van der Waals surface area contributed by atoms with Gasteiger partial charge in [-0.15, -0.1) is 0 Å². The van der Waals surface area contributed by atoms with Gasteiger partial charge < -0.3 is 20.7 Å². The SMILES string of the molecule is CN=C(NCCCOCC(C)C)NCCNC(=O)c1ccc(C(F)(F)F)cc1. The molecule has 0 unspecified atom stereocenters. The van der Waals surface area contributed by atoms with Gasteiger partial charge in [0, 0.05) is 45.5 Å². The lowest BCUT2D eigenvalue weighted by atomic mass is 10.1. The fourth-order valence-corrected chi connectivity index (χ4v) is 2.19. The van der Waals surface area contributed by atoms with Crippen LogP contribution in [0, 0.1) is 5.92 Å². The number of hydrogen-bond donors (Lipinski definition) is 3. The van der Waals surface area contributed by atoms with E-state index < -0.39 is 17.6 Å². The maximum Gasteiger partial charge on any atom is 0.416 e. The third kappa shape index (κ3) is 9.59. The molecule has 0 atom stereocenters. The topological polar surface area (TPSA) is 74.8 Å². The molecule has 0 aromatic heterocycles. The Kier molecular flexibility index (Phi) is 10.4. The summed E-state index contributed by atoms with van der Waals surface area (Å²) >= 11 is 0. The molecule has 158 valence electrons. The summed E-state index contributed by atoms with van der Waals surface area (Å²) in [5, 5.41) is 8.83. The Morgan fingerprint density at radius 3 is 2.25 bits per heavy atom. The fraction of sp³-hybridized carbons (Fsp3) is 0.579. The summed E-state index contributed by atoms with van der Waals surface area (Å²) in [7, 11) is 1.64. The molecule has 1 aromatic rings.